The highest BCUT2D eigenvalue weighted by molar-refractivity contribution is 7.19. The number of hydrogen-bond acceptors (Lipinski definition) is 4. The lowest BCUT2D eigenvalue weighted by Crippen LogP contribution is -2.40. The minimum Gasteiger partial charge on any atom is -0.389 e. The highest BCUT2D eigenvalue weighted by atomic mass is 32.1. The molecule has 0 bridgehead atoms. The van der Waals surface area contributed by atoms with E-state index in [9.17, 15) is 9.90 Å². The summed E-state index contributed by atoms with van der Waals surface area (Å²) in [5.74, 6) is 0. The van der Waals surface area contributed by atoms with Crippen LogP contribution in [0.2, 0.25) is 0 Å². The van der Waals surface area contributed by atoms with Crippen LogP contribution >= 0.6 is 11.3 Å². The Balaban J connectivity index is 1.95. The Morgan fingerprint density at radius 1 is 1.35 bits per heavy atom. The molecule has 0 radical (unpaired) electrons. The standard InChI is InChI=1S/C14H17N3O2S/c1-14(2,19)9-16-12(18)17-13-15-8-11(20-13)10-6-4-3-5-7-10/h3-8,19H,9H2,1-2H3,(H2,15,16,17,18). The van der Waals surface area contributed by atoms with E-state index in [1.165, 1.54) is 11.3 Å². The van der Waals surface area contributed by atoms with Crippen molar-refractivity contribution in [2.24, 2.45) is 0 Å². The summed E-state index contributed by atoms with van der Waals surface area (Å²) in [7, 11) is 0. The van der Waals surface area contributed by atoms with Crippen molar-refractivity contribution in [1.29, 1.82) is 0 Å². The highest BCUT2D eigenvalue weighted by Crippen LogP contribution is 2.28. The van der Waals surface area contributed by atoms with Gasteiger partial charge >= 0.3 is 6.03 Å². The van der Waals surface area contributed by atoms with Crippen molar-refractivity contribution in [3.63, 3.8) is 0 Å². The van der Waals surface area contributed by atoms with Crippen molar-refractivity contribution in [2.75, 3.05) is 11.9 Å². The first-order chi connectivity index (χ1) is 9.44. The molecule has 5 nitrogen and oxygen atoms in total. The van der Waals surface area contributed by atoms with Gasteiger partial charge in [-0.2, -0.15) is 0 Å². The zero-order chi connectivity index (χ0) is 14.6. The molecule has 0 unspecified atom stereocenters. The van der Waals surface area contributed by atoms with Gasteiger partial charge in [0, 0.05) is 12.7 Å². The van der Waals surface area contributed by atoms with E-state index in [2.05, 4.69) is 15.6 Å². The van der Waals surface area contributed by atoms with Crippen LogP contribution in [0.1, 0.15) is 13.8 Å². The molecule has 0 atom stereocenters. The van der Waals surface area contributed by atoms with Gasteiger partial charge in [-0.15, -0.1) is 0 Å². The van der Waals surface area contributed by atoms with E-state index < -0.39 is 5.60 Å². The van der Waals surface area contributed by atoms with Crippen LogP contribution in [0, 0.1) is 0 Å². The molecular formula is C14H17N3O2S. The lowest BCUT2D eigenvalue weighted by molar-refractivity contribution is 0.0826. The first-order valence-corrected chi connectivity index (χ1v) is 7.04. The fourth-order valence-corrected chi connectivity index (χ4v) is 2.32. The summed E-state index contributed by atoms with van der Waals surface area (Å²) < 4.78 is 0. The number of benzene rings is 1. The molecule has 6 heteroatoms. The van der Waals surface area contributed by atoms with Crippen LogP contribution in [-0.4, -0.2) is 28.3 Å². The first kappa shape index (κ1) is 14.5. The van der Waals surface area contributed by atoms with Crippen molar-refractivity contribution < 1.29 is 9.90 Å². The number of carbonyl (C=O) groups excluding carboxylic acids is 1. The number of nitrogens with zero attached hydrogens (tertiary/aromatic N) is 1. The molecule has 0 saturated heterocycles. The third kappa shape index (κ3) is 4.32. The van der Waals surface area contributed by atoms with Gasteiger partial charge in [-0.25, -0.2) is 9.78 Å². The van der Waals surface area contributed by atoms with Crippen molar-refractivity contribution >= 4 is 22.5 Å². The van der Waals surface area contributed by atoms with E-state index in [0.717, 1.165) is 10.4 Å². The zero-order valence-electron chi connectivity index (χ0n) is 11.4. The number of nitrogens with one attached hydrogen (secondary N) is 2. The summed E-state index contributed by atoms with van der Waals surface area (Å²) in [5.41, 5.74) is 0.130. The molecule has 0 aliphatic rings. The van der Waals surface area contributed by atoms with Crippen molar-refractivity contribution in [1.82, 2.24) is 10.3 Å². The largest absolute Gasteiger partial charge is 0.389 e. The maximum Gasteiger partial charge on any atom is 0.321 e. The van der Waals surface area contributed by atoms with E-state index >= 15 is 0 Å². The summed E-state index contributed by atoms with van der Waals surface area (Å²) in [5, 5.41) is 15.3. The van der Waals surface area contributed by atoms with Crippen LogP contribution in [0.25, 0.3) is 10.4 Å². The molecule has 106 valence electrons. The average Bonchev–Trinajstić information content (AvgIpc) is 2.85. The Morgan fingerprint density at radius 3 is 2.70 bits per heavy atom. The van der Waals surface area contributed by atoms with E-state index in [1.807, 2.05) is 30.3 Å². The molecule has 0 aliphatic heterocycles. The van der Waals surface area contributed by atoms with Gasteiger partial charge in [-0.1, -0.05) is 41.7 Å². The second-order valence-electron chi connectivity index (χ2n) is 5.02. The quantitative estimate of drug-likeness (QED) is 0.811. The van der Waals surface area contributed by atoms with E-state index in [4.69, 9.17) is 0 Å². The normalized spacial score (nSPS) is 11.2. The lowest BCUT2D eigenvalue weighted by atomic mass is 10.1. The molecule has 3 N–H and O–H groups in total. The number of aliphatic hydroxyl groups is 1. The number of hydrogen-bond donors (Lipinski definition) is 3. The SMILES string of the molecule is CC(C)(O)CNC(=O)Nc1ncc(-c2ccccc2)s1. The highest BCUT2D eigenvalue weighted by Gasteiger charge is 2.14. The van der Waals surface area contributed by atoms with Crippen LogP contribution in [0.5, 0.6) is 0 Å². The first-order valence-electron chi connectivity index (χ1n) is 6.22. The van der Waals surface area contributed by atoms with Crippen LogP contribution in [-0.2, 0) is 0 Å². The third-order valence-corrected chi connectivity index (χ3v) is 3.43. The van der Waals surface area contributed by atoms with Crippen molar-refractivity contribution in [3.8, 4) is 10.4 Å². The fourth-order valence-electron chi connectivity index (χ4n) is 1.51. The van der Waals surface area contributed by atoms with Gasteiger partial charge in [0.15, 0.2) is 5.13 Å². The topological polar surface area (TPSA) is 74.2 Å². The Kier molecular flexibility index (Phi) is 4.36. The van der Waals surface area contributed by atoms with Gasteiger partial charge < -0.3 is 10.4 Å². The van der Waals surface area contributed by atoms with E-state index in [0.29, 0.717) is 5.13 Å². The average molecular weight is 291 g/mol. The second kappa shape index (κ2) is 6.02. The molecule has 2 aromatic rings. The number of urea groups is 1. The molecule has 0 fully saturated rings. The minimum absolute atomic E-state index is 0.176. The van der Waals surface area contributed by atoms with E-state index in [-0.39, 0.29) is 12.6 Å². The lowest BCUT2D eigenvalue weighted by Gasteiger charge is -2.17. The minimum atomic E-state index is -0.935. The second-order valence-corrected chi connectivity index (χ2v) is 6.05. The number of thiazole rings is 1. The molecule has 0 aliphatic carbocycles. The zero-order valence-corrected chi connectivity index (χ0v) is 12.2. The molecule has 2 rings (SSSR count). The summed E-state index contributed by atoms with van der Waals surface area (Å²) in [6.45, 7) is 3.43. The summed E-state index contributed by atoms with van der Waals surface area (Å²) in [4.78, 5) is 16.8. The van der Waals surface area contributed by atoms with Crippen LogP contribution in [0.4, 0.5) is 9.93 Å². The number of anilines is 1. The van der Waals surface area contributed by atoms with Crippen LogP contribution < -0.4 is 10.6 Å². The number of amides is 2. The fraction of sp³-hybridized carbons (Fsp3) is 0.286. The van der Waals surface area contributed by atoms with Gasteiger partial charge in [0.25, 0.3) is 0 Å². The summed E-state index contributed by atoms with van der Waals surface area (Å²) in [6, 6.07) is 9.47. The molecule has 20 heavy (non-hydrogen) atoms. The smallest absolute Gasteiger partial charge is 0.321 e. The Morgan fingerprint density at radius 2 is 2.05 bits per heavy atom. The number of aromatic nitrogens is 1. The van der Waals surface area contributed by atoms with Gasteiger partial charge in [0.1, 0.15) is 0 Å². The third-order valence-electron chi connectivity index (χ3n) is 2.47. The van der Waals surface area contributed by atoms with Crippen LogP contribution in [0.3, 0.4) is 0 Å². The van der Waals surface area contributed by atoms with E-state index in [1.54, 1.807) is 20.0 Å². The Hall–Kier alpha value is -1.92. The van der Waals surface area contributed by atoms with Crippen LogP contribution in [0.15, 0.2) is 36.5 Å². The van der Waals surface area contributed by atoms with Gasteiger partial charge in [0.2, 0.25) is 0 Å². The molecular weight excluding hydrogens is 274 g/mol. The molecule has 1 aromatic carbocycles. The summed E-state index contributed by atoms with van der Waals surface area (Å²) in [6.07, 6.45) is 1.73. The maximum absolute atomic E-state index is 11.6. The molecule has 1 heterocycles. The maximum atomic E-state index is 11.6. The van der Waals surface area contributed by atoms with Gasteiger partial charge in [-0.05, 0) is 19.4 Å². The number of rotatable bonds is 4. The molecule has 0 saturated carbocycles. The predicted octanol–water partition coefficient (Wildman–Crippen LogP) is 2.70. The summed E-state index contributed by atoms with van der Waals surface area (Å²) >= 11 is 1.40. The number of carbonyl (C=O) groups is 1. The Labute approximate surface area is 121 Å². The Bertz CT molecular complexity index is 576. The predicted molar refractivity (Wildman–Crippen MR) is 80.9 cm³/mol. The molecule has 0 spiro atoms. The van der Waals surface area contributed by atoms with Crippen molar-refractivity contribution in [3.05, 3.63) is 36.5 Å². The molecule has 1 aromatic heterocycles. The van der Waals surface area contributed by atoms with Crippen molar-refractivity contribution in [2.45, 2.75) is 19.4 Å². The monoisotopic (exact) mass is 291 g/mol. The van der Waals surface area contributed by atoms with Gasteiger partial charge in [-0.3, -0.25) is 5.32 Å². The van der Waals surface area contributed by atoms with Gasteiger partial charge in [0.05, 0.1) is 10.5 Å². The molecule has 2 amide bonds.